The summed E-state index contributed by atoms with van der Waals surface area (Å²) in [5, 5.41) is 2.38. The molecule has 0 saturated heterocycles. The first kappa shape index (κ1) is 10.3. The van der Waals surface area contributed by atoms with Crippen LogP contribution < -0.4 is 10.9 Å². The molecular weight excluding hydrogens is 208 g/mol. The molecule has 0 fully saturated rings. The molecule has 2 rings (SSSR count). The Morgan fingerprint density at radius 1 is 1.50 bits per heavy atom. The Kier molecular flexibility index (Phi) is 2.40. The van der Waals surface area contributed by atoms with Gasteiger partial charge >= 0.3 is 0 Å². The van der Waals surface area contributed by atoms with Crippen LogP contribution in [0.25, 0.3) is 11.2 Å². The normalized spacial score (nSPS) is 10.4. The smallest absolute Gasteiger partial charge is 0.283 e. The van der Waals surface area contributed by atoms with E-state index >= 15 is 0 Å². The average Bonchev–Trinajstić information content (AvgIpc) is 2.33. The van der Waals surface area contributed by atoms with Crippen molar-refractivity contribution in [1.82, 2.24) is 19.9 Å². The molecule has 6 nitrogen and oxygen atoms in total. The van der Waals surface area contributed by atoms with E-state index in [2.05, 4.69) is 15.3 Å². The second-order valence-electron chi connectivity index (χ2n) is 3.25. The summed E-state index contributed by atoms with van der Waals surface area (Å²) < 4.78 is 1.31. The van der Waals surface area contributed by atoms with E-state index in [0.29, 0.717) is 11.2 Å². The fourth-order valence-corrected chi connectivity index (χ4v) is 1.42. The molecule has 0 aliphatic heterocycles. The molecule has 0 aliphatic carbocycles. The van der Waals surface area contributed by atoms with Crippen LogP contribution in [0.3, 0.4) is 0 Å². The lowest BCUT2D eigenvalue weighted by Gasteiger charge is -2.05. The summed E-state index contributed by atoms with van der Waals surface area (Å²) in [6, 6.07) is 3.40. The molecule has 2 heterocycles. The maximum atomic E-state index is 11.8. The van der Waals surface area contributed by atoms with Gasteiger partial charge in [0.2, 0.25) is 0 Å². The Hall–Kier alpha value is -2.24. The van der Waals surface area contributed by atoms with Crippen LogP contribution in [-0.4, -0.2) is 27.5 Å². The van der Waals surface area contributed by atoms with Crippen molar-refractivity contribution in [3.8, 4) is 0 Å². The van der Waals surface area contributed by atoms with Crippen molar-refractivity contribution in [1.29, 1.82) is 0 Å². The molecule has 16 heavy (non-hydrogen) atoms. The molecule has 0 spiro atoms. The first-order valence-corrected chi connectivity index (χ1v) is 4.69. The highest BCUT2D eigenvalue weighted by Crippen LogP contribution is 2.04. The number of carbonyl (C=O) groups is 1. The van der Waals surface area contributed by atoms with Crippen LogP contribution in [0.2, 0.25) is 0 Å². The van der Waals surface area contributed by atoms with Gasteiger partial charge in [-0.15, -0.1) is 0 Å². The molecule has 0 unspecified atom stereocenters. The van der Waals surface area contributed by atoms with Crippen LogP contribution in [0.1, 0.15) is 10.5 Å². The molecule has 1 amide bonds. The minimum absolute atomic E-state index is 0.120. The minimum Gasteiger partial charge on any atom is -0.354 e. The van der Waals surface area contributed by atoms with Gasteiger partial charge < -0.3 is 5.32 Å². The van der Waals surface area contributed by atoms with Gasteiger partial charge in [-0.3, -0.25) is 14.2 Å². The number of carbonyl (C=O) groups excluding carboxylic acids is 1. The predicted molar refractivity (Wildman–Crippen MR) is 58.2 cm³/mol. The van der Waals surface area contributed by atoms with Crippen LogP contribution in [0, 0.1) is 0 Å². The van der Waals surface area contributed by atoms with E-state index < -0.39 is 11.5 Å². The Morgan fingerprint density at radius 2 is 2.25 bits per heavy atom. The topological polar surface area (TPSA) is 76.9 Å². The van der Waals surface area contributed by atoms with Crippen molar-refractivity contribution < 1.29 is 4.79 Å². The number of nitrogens with one attached hydrogen (secondary N) is 1. The molecule has 6 heteroatoms. The molecule has 0 aliphatic rings. The summed E-state index contributed by atoms with van der Waals surface area (Å²) in [6.07, 6.45) is 1.57. The lowest BCUT2D eigenvalue weighted by Crippen LogP contribution is -2.32. The summed E-state index contributed by atoms with van der Waals surface area (Å²) in [5.74, 6) is -0.494. The zero-order valence-electron chi connectivity index (χ0n) is 8.89. The van der Waals surface area contributed by atoms with Gasteiger partial charge in [-0.1, -0.05) is 0 Å². The van der Waals surface area contributed by atoms with E-state index in [-0.39, 0.29) is 5.69 Å². The number of rotatable bonds is 1. The largest absolute Gasteiger partial charge is 0.354 e. The van der Waals surface area contributed by atoms with E-state index in [4.69, 9.17) is 0 Å². The number of hydrogen-bond acceptors (Lipinski definition) is 4. The highest BCUT2D eigenvalue weighted by Gasteiger charge is 2.14. The number of aromatic nitrogens is 3. The molecule has 0 bridgehead atoms. The van der Waals surface area contributed by atoms with Gasteiger partial charge in [0.05, 0.1) is 0 Å². The van der Waals surface area contributed by atoms with Gasteiger partial charge in [0.25, 0.3) is 11.5 Å². The monoisotopic (exact) mass is 218 g/mol. The Balaban J connectivity index is 2.84. The highest BCUT2D eigenvalue weighted by atomic mass is 16.2. The first-order chi connectivity index (χ1) is 7.65. The molecule has 82 valence electrons. The first-order valence-electron chi connectivity index (χ1n) is 4.69. The Labute approximate surface area is 90.9 Å². The van der Waals surface area contributed by atoms with Crippen molar-refractivity contribution in [3.05, 3.63) is 34.4 Å². The van der Waals surface area contributed by atoms with E-state index in [1.807, 2.05) is 0 Å². The van der Waals surface area contributed by atoms with Crippen LogP contribution >= 0.6 is 0 Å². The maximum absolute atomic E-state index is 11.8. The second kappa shape index (κ2) is 3.73. The van der Waals surface area contributed by atoms with Crippen molar-refractivity contribution >= 4 is 17.1 Å². The number of aryl methyl sites for hydroxylation is 1. The molecule has 2 aromatic heterocycles. The molecule has 0 radical (unpaired) electrons. The third-order valence-corrected chi connectivity index (χ3v) is 2.27. The molecule has 2 aromatic rings. The van der Waals surface area contributed by atoms with Gasteiger partial charge in [-0.05, 0) is 12.1 Å². The van der Waals surface area contributed by atoms with Crippen molar-refractivity contribution in [2.45, 2.75) is 0 Å². The van der Waals surface area contributed by atoms with Crippen LogP contribution in [0.4, 0.5) is 0 Å². The number of nitrogens with zero attached hydrogens (tertiary/aromatic N) is 3. The molecular formula is C10H10N4O2. The van der Waals surface area contributed by atoms with Gasteiger partial charge in [0.1, 0.15) is 5.52 Å². The van der Waals surface area contributed by atoms with Crippen molar-refractivity contribution in [3.63, 3.8) is 0 Å². The summed E-state index contributed by atoms with van der Waals surface area (Å²) >= 11 is 0. The zero-order chi connectivity index (χ0) is 11.7. The SMILES string of the molecule is CNC(=O)c1nc2cccnc2n(C)c1=O. The number of hydrogen-bond donors (Lipinski definition) is 1. The Bertz CT molecular complexity index is 618. The summed E-state index contributed by atoms with van der Waals surface area (Å²) in [4.78, 5) is 31.2. The molecule has 0 aromatic carbocycles. The van der Waals surface area contributed by atoms with Crippen LogP contribution in [-0.2, 0) is 7.05 Å². The second-order valence-corrected chi connectivity index (χ2v) is 3.25. The zero-order valence-corrected chi connectivity index (χ0v) is 8.89. The van der Waals surface area contributed by atoms with Gasteiger partial charge in [0, 0.05) is 20.3 Å². The highest BCUT2D eigenvalue weighted by molar-refractivity contribution is 5.93. The summed E-state index contributed by atoms with van der Waals surface area (Å²) in [7, 11) is 3.02. The van der Waals surface area contributed by atoms with Crippen molar-refractivity contribution in [2.75, 3.05) is 7.05 Å². The van der Waals surface area contributed by atoms with E-state index in [1.54, 1.807) is 25.4 Å². The van der Waals surface area contributed by atoms with Crippen LogP contribution in [0.5, 0.6) is 0 Å². The maximum Gasteiger partial charge on any atom is 0.283 e. The number of amides is 1. The van der Waals surface area contributed by atoms with E-state index in [1.165, 1.54) is 11.6 Å². The standard InChI is InChI=1S/C10H10N4O2/c1-11-9(15)7-10(16)14(2)8-6(13-7)4-3-5-12-8/h3-5H,1-2H3,(H,11,15). The number of pyridine rings is 1. The van der Waals surface area contributed by atoms with E-state index in [9.17, 15) is 9.59 Å². The van der Waals surface area contributed by atoms with Crippen LogP contribution in [0.15, 0.2) is 23.1 Å². The fourth-order valence-electron chi connectivity index (χ4n) is 1.42. The minimum atomic E-state index is -0.494. The summed E-state index contributed by atoms with van der Waals surface area (Å²) in [6.45, 7) is 0. The lowest BCUT2D eigenvalue weighted by molar-refractivity contribution is 0.0956. The van der Waals surface area contributed by atoms with Gasteiger partial charge in [-0.25, -0.2) is 9.97 Å². The molecule has 0 atom stereocenters. The quantitative estimate of drug-likeness (QED) is 0.712. The lowest BCUT2D eigenvalue weighted by atomic mass is 10.3. The third-order valence-electron chi connectivity index (χ3n) is 2.27. The van der Waals surface area contributed by atoms with Gasteiger partial charge in [0.15, 0.2) is 11.3 Å². The molecule has 0 saturated carbocycles. The summed E-state index contributed by atoms with van der Waals surface area (Å²) in [5.41, 5.74) is 0.402. The predicted octanol–water partition coefficient (Wildman–Crippen LogP) is -0.312. The van der Waals surface area contributed by atoms with Crippen molar-refractivity contribution in [2.24, 2.45) is 7.05 Å². The van der Waals surface area contributed by atoms with E-state index in [0.717, 1.165) is 0 Å². The average molecular weight is 218 g/mol. The molecule has 1 N–H and O–H groups in total. The fraction of sp³-hybridized carbons (Fsp3) is 0.200. The number of fused-ring (bicyclic) bond motifs is 1. The third kappa shape index (κ3) is 1.44. The Morgan fingerprint density at radius 3 is 2.94 bits per heavy atom. The van der Waals surface area contributed by atoms with Gasteiger partial charge in [-0.2, -0.15) is 0 Å².